The molecule has 0 bridgehead atoms. The minimum atomic E-state index is -5.55. The van der Waals surface area contributed by atoms with Crippen molar-refractivity contribution in [3.05, 3.63) is 21.9 Å². The molecule has 31 heteroatoms. The van der Waals surface area contributed by atoms with Gasteiger partial charge in [-0.2, -0.15) is 0 Å². The van der Waals surface area contributed by atoms with E-state index in [1.54, 1.807) is 14.1 Å². The maximum absolute atomic E-state index is 12.8. The van der Waals surface area contributed by atoms with Crippen molar-refractivity contribution in [2.24, 2.45) is 15.7 Å². The quantitative estimate of drug-likeness (QED) is 0.0400. The number of aromatic amines is 1. The molecule has 1 aromatic rings. The van der Waals surface area contributed by atoms with Gasteiger partial charge in [0.2, 0.25) is 5.95 Å². The molecule has 0 radical (unpaired) electrons. The average Bonchev–Trinajstić information content (AvgIpc) is 3.69. The summed E-state index contributed by atoms with van der Waals surface area (Å²) in [5, 5.41) is 35.1. The zero-order valence-corrected chi connectivity index (χ0v) is 33.9. The number of rotatable bonds is 17. The Kier molecular flexibility index (Phi) is 13.5. The van der Waals surface area contributed by atoms with Crippen molar-refractivity contribution in [2.45, 2.75) is 61.4 Å². The van der Waals surface area contributed by atoms with E-state index in [0.29, 0.717) is 0 Å². The number of methoxy groups -OCH3 is 1. The second-order valence-electron chi connectivity index (χ2n) is 12.8. The van der Waals surface area contributed by atoms with Gasteiger partial charge < -0.3 is 10.6 Å². The molecule has 1 aromatic heterocycles. The Bertz CT molecular complexity index is 1860. The summed E-state index contributed by atoms with van der Waals surface area (Å²) in [6, 6.07) is 0. The Hall–Kier alpha value is -2.53. The molecular weight excluding hydrogens is 837 g/mol. The molecule has 0 amide bonds. The molecule has 4 aliphatic heterocycles. The number of likely N-dealkylation sites (N-methyl/N-ethyl adjacent to an activating group) is 2. The molecule has 13 N–H and O–H groups in total. The minimum absolute atomic E-state index is 0.0358. The van der Waals surface area contributed by atoms with Gasteiger partial charge in [-0.15, -0.1) is 0 Å². The number of ether oxygens (including phenoxy) is 4. The van der Waals surface area contributed by atoms with Crippen LogP contribution in [0.3, 0.4) is 0 Å². The number of phosphoric acid groups is 1. The Balaban J connectivity index is 1.16. The van der Waals surface area contributed by atoms with Gasteiger partial charge in [0.1, 0.15) is 0 Å². The number of hydrogen-bond donors (Lipinski definition) is 11. The van der Waals surface area contributed by atoms with Gasteiger partial charge in [-0.05, 0) is 0 Å². The third-order valence-electron chi connectivity index (χ3n) is 8.65. The maximum atomic E-state index is 12.8. The predicted octanol–water partition coefficient (Wildman–Crippen LogP) is -4.38. The third-order valence-corrected chi connectivity index (χ3v) is 14.5. The Morgan fingerprint density at radius 3 is 2.29 bits per heavy atom. The van der Waals surface area contributed by atoms with Crippen LogP contribution in [0.4, 0.5) is 17.5 Å². The van der Waals surface area contributed by atoms with Crippen molar-refractivity contribution in [3.8, 4) is 0 Å². The summed E-state index contributed by atoms with van der Waals surface area (Å²) in [5.41, 5.74) is 11.4. The van der Waals surface area contributed by atoms with Gasteiger partial charge in [0, 0.05) is 14.1 Å². The number of guanidine groups is 1. The number of phosphoric ester groups is 1. The molecule has 0 aliphatic carbocycles. The molecule has 318 valence electrons. The summed E-state index contributed by atoms with van der Waals surface area (Å²) in [5.74, 6) is -0.117. The third kappa shape index (κ3) is 9.83. The summed E-state index contributed by atoms with van der Waals surface area (Å²) in [7, 11) is -3.65. The zero-order chi connectivity index (χ0) is 41.7. The molecule has 4 aliphatic rings. The van der Waals surface area contributed by atoms with Crippen LogP contribution in [-0.2, 0) is 53.0 Å². The average molecular weight is 883 g/mol. The number of nitrogen functional groups attached to an aromatic ring is 1. The summed E-state index contributed by atoms with van der Waals surface area (Å²) >= 11 is 4.69. The van der Waals surface area contributed by atoms with Crippen molar-refractivity contribution in [1.82, 2.24) is 20.2 Å². The summed E-state index contributed by atoms with van der Waals surface area (Å²) < 4.78 is 54.2. The number of aromatic nitrogens is 2. The summed E-state index contributed by atoms with van der Waals surface area (Å²) in [4.78, 5) is 73.0. The number of nitrogens with zero attached hydrogens (tertiary/aromatic N) is 6. The molecular formula is C25H45N10O17P3S. The van der Waals surface area contributed by atoms with E-state index in [9.17, 15) is 44.3 Å². The Morgan fingerprint density at radius 2 is 1.66 bits per heavy atom. The van der Waals surface area contributed by atoms with Crippen LogP contribution in [0.5, 0.6) is 0 Å². The van der Waals surface area contributed by atoms with E-state index in [2.05, 4.69) is 52.4 Å². The van der Waals surface area contributed by atoms with E-state index in [1.807, 2.05) is 0 Å². The number of aliphatic hydroxyl groups is 3. The molecule has 5 heterocycles. The Morgan fingerprint density at radius 1 is 1.02 bits per heavy atom. The molecule has 8 unspecified atom stereocenters. The topological polar surface area (TPSA) is 380 Å². The van der Waals surface area contributed by atoms with Gasteiger partial charge in [0.05, 0.1) is 0 Å². The van der Waals surface area contributed by atoms with Crippen LogP contribution in [0.1, 0.15) is 0 Å². The Labute approximate surface area is 323 Å². The fourth-order valence-corrected chi connectivity index (χ4v) is 11.4. The first-order valence-corrected chi connectivity index (χ1v) is 22.0. The number of fused-ring (bicyclic) bond motifs is 1. The first kappa shape index (κ1) is 44.6. The first-order chi connectivity index (χ1) is 26.0. The summed E-state index contributed by atoms with van der Waals surface area (Å²) in [6.45, 7) is -3.32. The number of aliphatic imine (C=N–C) groups is 2. The van der Waals surface area contributed by atoms with Crippen LogP contribution in [0, 0.1) is 0 Å². The van der Waals surface area contributed by atoms with Gasteiger partial charge in [-0.3, -0.25) is 9.78 Å². The van der Waals surface area contributed by atoms with Crippen molar-refractivity contribution in [3.63, 3.8) is 0 Å². The molecule has 0 aromatic carbocycles. The zero-order valence-electron chi connectivity index (χ0n) is 30.2. The molecule has 0 saturated carbocycles. The SMILES string of the molecule is C=NC1=C(N(C)[C@@H]2O[C@H](CO[PH](O)(O)OP(O)(=S)OP(=O)(O)OC[C@H]3O[C@@H](N(C)c4nc(N)[nH]c(=O)c4N(C)C)C(OC)C3O)C(O)C2O)N=C(N)NC2OC12. The molecule has 3 saturated heterocycles. The fraction of sp³-hybridized carbons (Fsp3) is 0.680. The molecule has 3 fully saturated rings. The van der Waals surface area contributed by atoms with E-state index >= 15 is 0 Å². The van der Waals surface area contributed by atoms with Gasteiger partial charge >= 0.3 is 278 Å². The molecule has 56 heavy (non-hydrogen) atoms. The predicted molar refractivity (Wildman–Crippen MR) is 199 cm³/mol. The van der Waals surface area contributed by atoms with E-state index in [1.165, 1.54) is 35.9 Å². The number of H-pyrrole nitrogens is 1. The van der Waals surface area contributed by atoms with Crippen LogP contribution in [0.25, 0.3) is 0 Å². The van der Waals surface area contributed by atoms with Gasteiger partial charge in [0.15, 0.2) is 0 Å². The van der Waals surface area contributed by atoms with Crippen LogP contribution >= 0.6 is 22.7 Å². The molecule has 27 nitrogen and oxygen atoms in total. The van der Waals surface area contributed by atoms with Crippen LogP contribution in [0.15, 0.2) is 26.3 Å². The standard InChI is InChI=1S/C25H45N10O17P3S/c1-28-11-16-21(50-16)32-25(27)29-18(11)34(4)22-15(38)13(36)9(48-22)7-46-53(40,41)51-55(44,56)52-54(42,43)47-8-10-14(37)17(45-6)23(49-10)35(5)19-12(33(2)3)20(39)31-24(26)30-19/h9-10,13-17,21-23,36-38,40-41,53H,1,7-8H2,2-6H3,(H,42,43)(H,44,56)(H3,27,29,32)(H3,26,30,31,39)/t9-,10-,13?,14?,15?,16?,17?,21?,22-,23-,55?/m1/s1. The van der Waals surface area contributed by atoms with E-state index in [-0.39, 0.29) is 34.9 Å². The van der Waals surface area contributed by atoms with E-state index in [0.717, 1.165) is 0 Å². The van der Waals surface area contributed by atoms with Gasteiger partial charge in [-0.1, -0.05) is 0 Å². The number of hydrogen-bond acceptors (Lipinski definition) is 25. The van der Waals surface area contributed by atoms with Gasteiger partial charge in [0.25, 0.3) is 5.56 Å². The number of nitrogens with one attached hydrogen (secondary N) is 2. The second-order valence-corrected chi connectivity index (χ2v) is 19.1. The second kappa shape index (κ2) is 17.0. The molecule has 0 spiro atoms. The number of anilines is 3. The van der Waals surface area contributed by atoms with Crippen molar-refractivity contribution in [2.75, 3.05) is 64.0 Å². The van der Waals surface area contributed by atoms with Crippen molar-refractivity contribution in [1.29, 1.82) is 0 Å². The number of epoxide rings is 1. The molecule has 12 atom stereocenters. The number of nitrogens with two attached hydrogens (primary N) is 2. The normalized spacial score (nSPS) is 32.7. The summed E-state index contributed by atoms with van der Waals surface area (Å²) in [6.07, 6.45) is -12.3. The van der Waals surface area contributed by atoms with E-state index in [4.69, 9.17) is 39.5 Å². The van der Waals surface area contributed by atoms with Crippen LogP contribution < -0.4 is 32.1 Å². The van der Waals surface area contributed by atoms with E-state index < -0.39 is 103 Å². The van der Waals surface area contributed by atoms with Crippen molar-refractivity contribution >= 4 is 64.6 Å². The molecule has 5 rings (SSSR count). The van der Waals surface area contributed by atoms with Crippen LogP contribution in [-0.4, -0.2) is 172 Å². The fourth-order valence-electron chi connectivity index (χ4n) is 6.00. The van der Waals surface area contributed by atoms with Crippen LogP contribution in [0.2, 0.25) is 0 Å². The first-order valence-electron chi connectivity index (χ1n) is 16.2. The number of aliphatic hydroxyl groups excluding tert-OH is 3. The monoisotopic (exact) mass is 882 g/mol. The van der Waals surface area contributed by atoms with Gasteiger partial charge in [-0.25, -0.2) is 0 Å². The van der Waals surface area contributed by atoms with Crippen molar-refractivity contribution < 1.29 is 76.1 Å².